The largest absolute Gasteiger partial charge is 0.450 e. The number of aromatic nitrogens is 2. The Morgan fingerprint density at radius 2 is 1.89 bits per heavy atom. The van der Waals surface area contributed by atoms with Gasteiger partial charge in [0, 0.05) is 39.1 Å². The minimum atomic E-state index is -0.457. The highest BCUT2D eigenvalue weighted by atomic mass is 32.1. The van der Waals surface area contributed by atoms with Gasteiger partial charge >= 0.3 is 11.8 Å². The number of ether oxygens (including phenoxy) is 1. The number of hydrogen-bond acceptors (Lipinski definition) is 6. The summed E-state index contributed by atoms with van der Waals surface area (Å²) < 4.78 is 6.61. The molecule has 146 valence electrons. The van der Waals surface area contributed by atoms with Crippen molar-refractivity contribution >= 4 is 33.6 Å². The van der Waals surface area contributed by atoms with Crippen LogP contribution in [0.25, 0.3) is 10.2 Å². The Hall–Kier alpha value is -2.62. The first-order valence-electron chi connectivity index (χ1n) is 8.91. The third-order valence-electron chi connectivity index (χ3n) is 4.52. The summed E-state index contributed by atoms with van der Waals surface area (Å²) in [6.07, 6.45) is 0.289. The van der Waals surface area contributed by atoms with E-state index in [1.165, 1.54) is 11.3 Å². The molecule has 2 aromatic rings. The van der Waals surface area contributed by atoms with Gasteiger partial charge in [-0.3, -0.25) is 14.2 Å². The highest BCUT2D eigenvalue weighted by Gasteiger charge is 2.24. The summed E-state index contributed by atoms with van der Waals surface area (Å²) in [7, 11) is 0. The molecule has 3 heterocycles. The molecule has 0 aliphatic carbocycles. The van der Waals surface area contributed by atoms with E-state index in [9.17, 15) is 19.2 Å². The van der Waals surface area contributed by atoms with Gasteiger partial charge in [-0.2, -0.15) is 0 Å². The second-order valence-corrected chi connectivity index (χ2v) is 7.14. The Labute approximate surface area is 159 Å². The Morgan fingerprint density at radius 3 is 2.59 bits per heavy atom. The summed E-state index contributed by atoms with van der Waals surface area (Å²) in [6.45, 7) is 4.07. The zero-order valence-electron chi connectivity index (χ0n) is 15.1. The zero-order chi connectivity index (χ0) is 19.4. The smallest absolute Gasteiger partial charge is 0.409 e. The van der Waals surface area contributed by atoms with E-state index in [1.54, 1.807) is 28.2 Å². The van der Waals surface area contributed by atoms with Gasteiger partial charge in [0.25, 0.3) is 5.56 Å². The fourth-order valence-corrected chi connectivity index (χ4v) is 3.87. The van der Waals surface area contributed by atoms with Gasteiger partial charge in [0.05, 0.1) is 12.1 Å². The molecule has 0 bridgehead atoms. The maximum absolute atomic E-state index is 12.4. The summed E-state index contributed by atoms with van der Waals surface area (Å²) >= 11 is 1.28. The summed E-state index contributed by atoms with van der Waals surface area (Å²) in [5.74, 6) is -0.0415. The van der Waals surface area contributed by atoms with Crippen LogP contribution in [0.3, 0.4) is 0 Å². The van der Waals surface area contributed by atoms with Gasteiger partial charge in [0.1, 0.15) is 4.70 Å². The van der Waals surface area contributed by atoms with Crippen LogP contribution in [0.4, 0.5) is 4.79 Å². The number of thiophene rings is 1. The molecule has 0 radical (unpaired) electrons. The van der Waals surface area contributed by atoms with Gasteiger partial charge in [-0.25, -0.2) is 9.59 Å². The van der Waals surface area contributed by atoms with E-state index in [-0.39, 0.29) is 30.5 Å². The monoisotopic (exact) mass is 394 g/mol. The molecular formula is C17H22N4O5S. The van der Waals surface area contributed by atoms with Gasteiger partial charge in [-0.15, -0.1) is 11.3 Å². The summed E-state index contributed by atoms with van der Waals surface area (Å²) in [5, 5.41) is 1.76. The van der Waals surface area contributed by atoms with Crippen LogP contribution in [0.5, 0.6) is 0 Å². The molecule has 0 aromatic carbocycles. The van der Waals surface area contributed by atoms with Crippen molar-refractivity contribution in [2.24, 2.45) is 0 Å². The van der Waals surface area contributed by atoms with E-state index in [2.05, 4.69) is 4.98 Å². The second kappa shape index (κ2) is 8.38. The first-order valence-corrected chi connectivity index (χ1v) is 9.79. The Balaban J connectivity index is 1.51. The predicted octanol–water partition coefficient (Wildman–Crippen LogP) is 0.832. The van der Waals surface area contributed by atoms with Gasteiger partial charge < -0.3 is 19.5 Å². The van der Waals surface area contributed by atoms with E-state index in [0.29, 0.717) is 49.4 Å². The normalized spacial score (nSPS) is 14.6. The number of amides is 2. The predicted molar refractivity (Wildman–Crippen MR) is 101 cm³/mol. The van der Waals surface area contributed by atoms with Crippen LogP contribution in [0.1, 0.15) is 19.8 Å². The van der Waals surface area contributed by atoms with Gasteiger partial charge in [-0.1, -0.05) is 0 Å². The molecule has 0 saturated carbocycles. The Bertz CT molecular complexity index is 939. The maximum Gasteiger partial charge on any atom is 0.409 e. The van der Waals surface area contributed by atoms with E-state index >= 15 is 0 Å². The van der Waals surface area contributed by atoms with Crippen molar-refractivity contribution in [3.63, 3.8) is 0 Å². The lowest BCUT2D eigenvalue weighted by molar-refractivity contribution is -0.132. The maximum atomic E-state index is 12.4. The average molecular weight is 394 g/mol. The van der Waals surface area contributed by atoms with Crippen molar-refractivity contribution < 1.29 is 14.3 Å². The number of aromatic amines is 1. The van der Waals surface area contributed by atoms with E-state index < -0.39 is 5.69 Å². The van der Waals surface area contributed by atoms with E-state index in [4.69, 9.17) is 4.74 Å². The molecule has 1 fully saturated rings. The topological polar surface area (TPSA) is 105 Å². The third-order valence-corrected chi connectivity index (χ3v) is 5.42. The molecule has 1 N–H and O–H groups in total. The summed E-state index contributed by atoms with van der Waals surface area (Å²) in [5.41, 5.74) is -0.234. The summed E-state index contributed by atoms with van der Waals surface area (Å²) in [4.78, 5) is 54.4. The van der Waals surface area contributed by atoms with Crippen molar-refractivity contribution in [2.75, 3.05) is 32.8 Å². The van der Waals surface area contributed by atoms with Crippen molar-refractivity contribution in [1.29, 1.82) is 0 Å². The molecule has 0 atom stereocenters. The van der Waals surface area contributed by atoms with Crippen LogP contribution in [0.2, 0.25) is 0 Å². The number of rotatable bonds is 5. The number of nitrogens with zero attached hydrogens (tertiary/aromatic N) is 3. The average Bonchev–Trinajstić information content (AvgIpc) is 3.13. The highest BCUT2D eigenvalue weighted by molar-refractivity contribution is 7.17. The number of carbonyl (C=O) groups excluding carboxylic acids is 2. The Morgan fingerprint density at radius 1 is 1.19 bits per heavy atom. The quantitative estimate of drug-likeness (QED) is 0.809. The minimum absolute atomic E-state index is 0.0415. The number of H-pyrrole nitrogens is 1. The first kappa shape index (κ1) is 19.2. The lowest BCUT2D eigenvalue weighted by Gasteiger charge is -2.34. The first-order chi connectivity index (χ1) is 13.0. The van der Waals surface area contributed by atoms with E-state index in [0.717, 1.165) is 4.57 Å². The van der Waals surface area contributed by atoms with Crippen molar-refractivity contribution in [3.8, 4) is 0 Å². The van der Waals surface area contributed by atoms with Gasteiger partial charge in [-0.05, 0) is 24.8 Å². The molecule has 9 nitrogen and oxygen atoms in total. The zero-order valence-corrected chi connectivity index (χ0v) is 15.9. The standard InChI is InChI=1S/C17H22N4O5S/c1-2-26-17(25)20-9-7-19(8-10-20)13(22)4-3-6-21-15(23)14-12(5-11-27-14)18-16(21)24/h5,11H,2-4,6-10H2,1H3,(H,18,24). The highest BCUT2D eigenvalue weighted by Crippen LogP contribution is 2.12. The van der Waals surface area contributed by atoms with Crippen molar-refractivity contribution in [1.82, 2.24) is 19.4 Å². The van der Waals surface area contributed by atoms with Crippen LogP contribution in [-0.4, -0.2) is 64.1 Å². The molecule has 2 aromatic heterocycles. The van der Waals surface area contributed by atoms with Crippen LogP contribution in [0, 0.1) is 0 Å². The molecule has 1 aliphatic heterocycles. The second-order valence-electron chi connectivity index (χ2n) is 6.22. The fourth-order valence-electron chi connectivity index (χ4n) is 3.07. The SMILES string of the molecule is CCOC(=O)N1CCN(C(=O)CCCn2c(=O)[nH]c3ccsc3c2=O)CC1. The fraction of sp³-hybridized carbons (Fsp3) is 0.529. The van der Waals surface area contributed by atoms with Gasteiger partial charge in [0.2, 0.25) is 5.91 Å². The molecule has 27 heavy (non-hydrogen) atoms. The molecule has 3 rings (SSSR count). The van der Waals surface area contributed by atoms with Crippen molar-refractivity contribution in [2.45, 2.75) is 26.3 Å². The van der Waals surface area contributed by atoms with E-state index in [1.807, 2.05) is 0 Å². The van der Waals surface area contributed by atoms with Crippen LogP contribution in [0.15, 0.2) is 21.0 Å². The molecule has 1 aliphatic rings. The molecule has 2 amide bonds. The van der Waals surface area contributed by atoms with Crippen LogP contribution in [-0.2, 0) is 16.1 Å². The van der Waals surface area contributed by atoms with Crippen LogP contribution < -0.4 is 11.2 Å². The molecule has 0 spiro atoms. The number of fused-ring (bicyclic) bond motifs is 1. The molecule has 1 saturated heterocycles. The number of piperazine rings is 1. The molecular weight excluding hydrogens is 372 g/mol. The third kappa shape index (κ3) is 4.21. The minimum Gasteiger partial charge on any atom is -0.450 e. The number of carbonyl (C=O) groups is 2. The lowest BCUT2D eigenvalue weighted by Crippen LogP contribution is -2.50. The van der Waals surface area contributed by atoms with Crippen molar-refractivity contribution in [3.05, 3.63) is 32.3 Å². The molecule has 10 heteroatoms. The van der Waals surface area contributed by atoms with Gasteiger partial charge in [0.15, 0.2) is 0 Å². The van der Waals surface area contributed by atoms with Crippen LogP contribution >= 0.6 is 11.3 Å². The number of nitrogens with one attached hydrogen (secondary N) is 1. The lowest BCUT2D eigenvalue weighted by atomic mass is 10.2. The number of hydrogen-bond donors (Lipinski definition) is 1. The molecule has 0 unspecified atom stereocenters. The summed E-state index contributed by atoms with van der Waals surface area (Å²) in [6, 6.07) is 1.70. The Kier molecular flexibility index (Phi) is 5.94.